The Morgan fingerprint density at radius 1 is 1.50 bits per heavy atom. The van der Waals surface area contributed by atoms with Crippen LogP contribution in [0.5, 0.6) is 5.75 Å². The molecule has 0 spiro atoms. The van der Waals surface area contributed by atoms with Gasteiger partial charge in [0.25, 0.3) is 5.91 Å². The summed E-state index contributed by atoms with van der Waals surface area (Å²) in [5.74, 6) is 5.14. The highest BCUT2D eigenvalue weighted by Crippen LogP contribution is 2.27. The molecule has 0 aliphatic carbocycles. The van der Waals surface area contributed by atoms with E-state index in [1.165, 1.54) is 0 Å². The Morgan fingerprint density at radius 3 is 2.95 bits per heavy atom. The van der Waals surface area contributed by atoms with E-state index in [9.17, 15) is 9.59 Å². The molecule has 0 bridgehead atoms. The van der Waals surface area contributed by atoms with Crippen molar-refractivity contribution in [3.63, 3.8) is 0 Å². The average molecular weight is 370 g/mol. The number of nitrogens with two attached hydrogens (primary N) is 1. The molecule has 120 valence electrons. The number of nitrogens with one attached hydrogen (secondary N) is 1. The molecule has 1 aromatic rings. The molecule has 1 aromatic carbocycles. The predicted octanol–water partition coefficient (Wildman–Crippen LogP) is 1.69. The summed E-state index contributed by atoms with van der Waals surface area (Å²) in [6, 6.07) is 5.36. The number of carbonyl (C=O) groups is 2. The van der Waals surface area contributed by atoms with Gasteiger partial charge >= 0.3 is 0 Å². The van der Waals surface area contributed by atoms with Gasteiger partial charge in [-0.25, -0.2) is 5.84 Å². The van der Waals surface area contributed by atoms with Crippen molar-refractivity contribution in [1.82, 2.24) is 10.3 Å². The SMILES string of the molecule is CCOc1ccc(Br)cc1C(=O)N1CCCC(C(=O)NN)C1. The zero-order chi connectivity index (χ0) is 16.1. The van der Waals surface area contributed by atoms with Crippen LogP contribution in [0, 0.1) is 5.92 Å². The Labute approximate surface area is 138 Å². The molecule has 0 radical (unpaired) electrons. The number of amides is 2. The summed E-state index contributed by atoms with van der Waals surface area (Å²) in [6.45, 7) is 3.37. The first-order chi connectivity index (χ1) is 10.6. The molecule has 1 atom stereocenters. The molecular weight excluding hydrogens is 350 g/mol. The Kier molecular flexibility index (Phi) is 5.79. The number of hydrogen-bond acceptors (Lipinski definition) is 4. The maximum Gasteiger partial charge on any atom is 0.257 e. The van der Waals surface area contributed by atoms with Crippen molar-refractivity contribution in [3.8, 4) is 5.75 Å². The second kappa shape index (κ2) is 7.60. The fourth-order valence-corrected chi connectivity index (χ4v) is 2.98. The molecule has 22 heavy (non-hydrogen) atoms. The number of rotatable bonds is 4. The van der Waals surface area contributed by atoms with Gasteiger partial charge in [0.05, 0.1) is 18.1 Å². The van der Waals surface area contributed by atoms with Crippen LogP contribution >= 0.6 is 15.9 Å². The van der Waals surface area contributed by atoms with Gasteiger partial charge in [0.1, 0.15) is 5.75 Å². The molecule has 3 N–H and O–H groups in total. The number of piperidine rings is 1. The summed E-state index contributed by atoms with van der Waals surface area (Å²) in [5, 5.41) is 0. The average Bonchev–Trinajstić information content (AvgIpc) is 2.55. The van der Waals surface area contributed by atoms with Gasteiger partial charge in [0.15, 0.2) is 0 Å². The molecule has 2 rings (SSSR count). The molecule has 7 heteroatoms. The van der Waals surface area contributed by atoms with Gasteiger partial charge < -0.3 is 9.64 Å². The number of carbonyl (C=O) groups excluding carboxylic acids is 2. The van der Waals surface area contributed by atoms with Crippen molar-refractivity contribution in [2.24, 2.45) is 11.8 Å². The lowest BCUT2D eigenvalue weighted by atomic mass is 9.96. The van der Waals surface area contributed by atoms with E-state index in [0.29, 0.717) is 31.0 Å². The molecule has 1 heterocycles. The van der Waals surface area contributed by atoms with Crippen LogP contribution in [-0.2, 0) is 4.79 Å². The van der Waals surface area contributed by atoms with Crippen molar-refractivity contribution >= 4 is 27.7 Å². The van der Waals surface area contributed by atoms with E-state index in [4.69, 9.17) is 10.6 Å². The van der Waals surface area contributed by atoms with Crippen molar-refractivity contribution in [1.29, 1.82) is 0 Å². The van der Waals surface area contributed by atoms with E-state index in [-0.39, 0.29) is 17.7 Å². The summed E-state index contributed by atoms with van der Waals surface area (Å²) in [7, 11) is 0. The number of hydrazine groups is 1. The fourth-order valence-electron chi connectivity index (χ4n) is 2.61. The molecule has 1 saturated heterocycles. The number of nitrogens with zero attached hydrogens (tertiary/aromatic N) is 1. The summed E-state index contributed by atoms with van der Waals surface area (Å²) >= 11 is 3.38. The first-order valence-electron chi connectivity index (χ1n) is 7.29. The lowest BCUT2D eigenvalue weighted by molar-refractivity contribution is -0.126. The van der Waals surface area contributed by atoms with Gasteiger partial charge in [-0.3, -0.25) is 15.0 Å². The molecular formula is C15H20BrN3O3. The van der Waals surface area contributed by atoms with Crippen LogP contribution in [0.1, 0.15) is 30.1 Å². The van der Waals surface area contributed by atoms with E-state index >= 15 is 0 Å². The highest BCUT2D eigenvalue weighted by molar-refractivity contribution is 9.10. The summed E-state index contributed by atoms with van der Waals surface area (Å²) < 4.78 is 6.34. The zero-order valence-corrected chi connectivity index (χ0v) is 14.1. The van der Waals surface area contributed by atoms with Gasteiger partial charge in [-0.05, 0) is 38.0 Å². The van der Waals surface area contributed by atoms with Gasteiger partial charge in [0.2, 0.25) is 5.91 Å². The molecule has 2 amide bonds. The van der Waals surface area contributed by atoms with Crippen molar-refractivity contribution in [2.45, 2.75) is 19.8 Å². The van der Waals surface area contributed by atoms with Crippen LogP contribution in [0.3, 0.4) is 0 Å². The van der Waals surface area contributed by atoms with E-state index in [1.54, 1.807) is 17.0 Å². The van der Waals surface area contributed by atoms with Crippen LogP contribution in [0.4, 0.5) is 0 Å². The van der Waals surface area contributed by atoms with E-state index in [0.717, 1.165) is 17.3 Å². The third kappa shape index (κ3) is 3.78. The largest absolute Gasteiger partial charge is 0.493 e. The number of benzene rings is 1. The second-order valence-electron chi connectivity index (χ2n) is 5.17. The first kappa shape index (κ1) is 16.8. The molecule has 1 unspecified atom stereocenters. The summed E-state index contributed by atoms with van der Waals surface area (Å²) in [6.07, 6.45) is 1.52. The summed E-state index contributed by atoms with van der Waals surface area (Å²) in [4.78, 5) is 26.1. The standard InChI is InChI=1S/C15H20BrN3O3/c1-2-22-13-6-5-11(16)8-12(13)15(21)19-7-3-4-10(9-19)14(20)18-17/h5-6,8,10H,2-4,7,9,17H2,1H3,(H,18,20). The normalized spacial score (nSPS) is 18.0. The molecule has 0 saturated carbocycles. The van der Waals surface area contributed by atoms with Crippen LogP contribution < -0.4 is 16.0 Å². The third-order valence-corrected chi connectivity index (χ3v) is 4.19. The molecule has 1 aliphatic heterocycles. The number of likely N-dealkylation sites (tertiary alicyclic amines) is 1. The fraction of sp³-hybridized carbons (Fsp3) is 0.467. The maximum atomic E-state index is 12.8. The summed E-state index contributed by atoms with van der Waals surface area (Å²) in [5.41, 5.74) is 2.67. The van der Waals surface area contributed by atoms with E-state index in [1.807, 2.05) is 13.0 Å². The topological polar surface area (TPSA) is 84.7 Å². The Hall–Kier alpha value is -1.60. The number of ether oxygens (including phenoxy) is 1. The monoisotopic (exact) mass is 369 g/mol. The smallest absolute Gasteiger partial charge is 0.257 e. The minimum absolute atomic E-state index is 0.126. The lowest BCUT2D eigenvalue weighted by Crippen LogP contribution is -2.47. The minimum atomic E-state index is -0.259. The van der Waals surface area contributed by atoms with Crippen molar-refractivity contribution < 1.29 is 14.3 Å². The molecule has 0 aromatic heterocycles. The molecule has 6 nitrogen and oxygen atoms in total. The second-order valence-corrected chi connectivity index (χ2v) is 6.09. The first-order valence-corrected chi connectivity index (χ1v) is 8.08. The van der Waals surface area contributed by atoms with E-state index in [2.05, 4.69) is 21.4 Å². The van der Waals surface area contributed by atoms with Gasteiger partial charge in [-0.1, -0.05) is 15.9 Å². The van der Waals surface area contributed by atoms with E-state index < -0.39 is 0 Å². The highest BCUT2D eigenvalue weighted by atomic mass is 79.9. The van der Waals surface area contributed by atoms with Crippen molar-refractivity contribution in [2.75, 3.05) is 19.7 Å². The Morgan fingerprint density at radius 2 is 2.27 bits per heavy atom. The lowest BCUT2D eigenvalue weighted by Gasteiger charge is -2.32. The van der Waals surface area contributed by atoms with Crippen LogP contribution in [-0.4, -0.2) is 36.4 Å². The number of halogens is 1. The number of hydrogen-bond donors (Lipinski definition) is 2. The molecule has 1 fully saturated rings. The van der Waals surface area contributed by atoms with Crippen LogP contribution in [0.25, 0.3) is 0 Å². The Bertz CT molecular complexity index is 565. The van der Waals surface area contributed by atoms with Crippen LogP contribution in [0.2, 0.25) is 0 Å². The van der Waals surface area contributed by atoms with Crippen molar-refractivity contribution in [3.05, 3.63) is 28.2 Å². The minimum Gasteiger partial charge on any atom is -0.493 e. The zero-order valence-electron chi connectivity index (χ0n) is 12.5. The third-order valence-electron chi connectivity index (χ3n) is 3.69. The van der Waals surface area contributed by atoms with Gasteiger partial charge in [-0.2, -0.15) is 0 Å². The molecule has 1 aliphatic rings. The highest BCUT2D eigenvalue weighted by Gasteiger charge is 2.29. The van der Waals surface area contributed by atoms with Gasteiger partial charge in [0, 0.05) is 17.6 Å². The Balaban J connectivity index is 2.20. The quantitative estimate of drug-likeness (QED) is 0.480. The van der Waals surface area contributed by atoms with Gasteiger partial charge in [-0.15, -0.1) is 0 Å². The maximum absolute atomic E-state index is 12.8. The predicted molar refractivity (Wildman–Crippen MR) is 86.3 cm³/mol. The van der Waals surface area contributed by atoms with Crippen LogP contribution in [0.15, 0.2) is 22.7 Å².